The first-order valence-electron chi connectivity index (χ1n) is 10.9. The predicted molar refractivity (Wildman–Crippen MR) is 129 cm³/mol. The Labute approximate surface area is 197 Å². The highest BCUT2D eigenvalue weighted by Gasteiger charge is 2.13. The zero-order valence-electron chi connectivity index (χ0n) is 19.3. The topological polar surface area (TPSA) is 103 Å². The van der Waals surface area contributed by atoms with Crippen LogP contribution >= 0.6 is 0 Å². The van der Waals surface area contributed by atoms with Crippen LogP contribution in [0, 0.1) is 13.8 Å². The molecule has 0 saturated heterocycles. The van der Waals surface area contributed by atoms with E-state index in [0.717, 1.165) is 16.9 Å². The van der Waals surface area contributed by atoms with Crippen molar-refractivity contribution in [1.82, 2.24) is 19.6 Å². The van der Waals surface area contributed by atoms with Gasteiger partial charge in [0.2, 0.25) is 0 Å². The second-order valence-electron chi connectivity index (χ2n) is 7.80. The number of hydrogen-bond donors (Lipinski definition) is 2. The number of aromatic nitrogens is 4. The fourth-order valence-electron chi connectivity index (χ4n) is 3.40. The van der Waals surface area contributed by atoms with E-state index in [2.05, 4.69) is 20.8 Å². The van der Waals surface area contributed by atoms with Gasteiger partial charge in [0.05, 0.1) is 0 Å². The van der Waals surface area contributed by atoms with Crippen LogP contribution in [0.25, 0.3) is 0 Å². The molecule has 0 fully saturated rings. The highest BCUT2D eigenvalue weighted by atomic mass is 16.5. The van der Waals surface area contributed by atoms with Crippen molar-refractivity contribution in [2.75, 3.05) is 10.6 Å². The van der Waals surface area contributed by atoms with Crippen LogP contribution in [0.2, 0.25) is 0 Å². The Morgan fingerprint density at radius 2 is 1.74 bits per heavy atom. The van der Waals surface area contributed by atoms with Gasteiger partial charge in [-0.1, -0.05) is 18.2 Å². The zero-order valence-corrected chi connectivity index (χ0v) is 19.3. The first kappa shape index (κ1) is 22.8. The summed E-state index contributed by atoms with van der Waals surface area (Å²) in [6.45, 7) is 6.67. The van der Waals surface area contributed by atoms with Crippen molar-refractivity contribution >= 4 is 23.2 Å². The van der Waals surface area contributed by atoms with Gasteiger partial charge in [0.15, 0.2) is 12.4 Å². The summed E-state index contributed by atoms with van der Waals surface area (Å²) in [4.78, 5) is 25.2. The zero-order chi connectivity index (χ0) is 24.1. The average Bonchev–Trinajstić information content (AvgIpc) is 3.49. The smallest absolute Gasteiger partial charge is 0.276 e. The van der Waals surface area contributed by atoms with E-state index in [1.807, 2.05) is 39.0 Å². The average molecular weight is 459 g/mol. The Kier molecular flexibility index (Phi) is 6.72. The minimum Gasteiger partial charge on any atom is -0.471 e. The fraction of sp³-hybridized carbons (Fsp3) is 0.200. The Bertz CT molecular complexity index is 1320. The molecule has 2 aromatic heterocycles. The number of aryl methyl sites for hydroxylation is 3. The van der Waals surface area contributed by atoms with E-state index in [0.29, 0.717) is 23.6 Å². The molecule has 0 atom stereocenters. The molecule has 2 amide bonds. The van der Waals surface area contributed by atoms with Crippen molar-refractivity contribution in [1.29, 1.82) is 0 Å². The van der Waals surface area contributed by atoms with E-state index in [1.165, 1.54) is 0 Å². The third-order valence-corrected chi connectivity index (χ3v) is 5.20. The van der Waals surface area contributed by atoms with Crippen molar-refractivity contribution in [3.8, 4) is 5.75 Å². The van der Waals surface area contributed by atoms with Gasteiger partial charge < -0.3 is 15.4 Å². The SMILES string of the molecule is CCn1nccc1C(=O)Nc1cccc(NC(=O)c2ccn(COc3cc(C)ccc3C)n2)c1. The van der Waals surface area contributed by atoms with Gasteiger partial charge in [0.25, 0.3) is 11.8 Å². The number of carbonyl (C=O) groups excluding carboxylic acids is 2. The van der Waals surface area contributed by atoms with E-state index in [9.17, 15) is 9.59 Å². The summed E-state index contributed by atoms with van der Waals surface area (Å²) in [5.74, 6) is 0.144. The number of amides is 2. The maximum Gasteiger partial charge on any atom is 0.276 e. The maximum atomic E-state index is 12.7. The summed E-state index contributed by atoms with van der Waals surface area (Å²) >= 11 is 0. The maximum absolute atomic E-state index is 12.7. The van der Waals surface area contributed by atoms with E-state index in [-0.39, 0.29) is 24.2 Å². The lowest BCUT2D eigenvalue weighted by atomic mass is 10.1. The van der Waals surface area contributed by atoms with Crippen LogP contribution in [0.15, 0.2) is 67.0 Å². The normalized spacial score (nSPS) is 10.7. The summed E-state index contributed by atoms with van der Waals surface area (Å²) < 4.78 is 9.01. The second-order valence-corrected chi connectivity index (χ2v) is 7.80. The summed E-state index contributed by atoms with van der Waals surface area (Å²) in [6, 6.07) is 16.2. The number of hydrogen-bond acceptors (Lipinski definition) is 5. The number of nitrogens with one attached hydrogen (secondary N) is 2. The van der Waals surface area contributed by atoms with Crippen LogP contribution in [0.5, 0.6) is 5.75 Å². The third-order valence-electron chi connectivity index (χ3n) is 5.20. The van der Waals surface area contributed by atoms with Crippen molar-refractivity contribution in [2.24, 2.45) is 0 Å². The molecule has 0 aliphatic heterocycles. The third kappa shape index (κ3) is 5.32. The van der Waals surface area contributed by atoms with E-state index >= 15 is 0 Å². The van der Waals surface area contributed by atoms with Crippen LogP contribution in [0.3, 0.4) is 0 Å². The first-order chi connectivity index (χ1) is 16.4. The number of ether oxygens (including phenoxy) is 1. The standard InChI is InChI=1S/C25H26N6O3/c1-4-31-22(10-12-26-31)25(33)28-20-7-5-6-19(15-20)27-24(32)21-11-13-30(29-21)16-34-23-14-17(2)8-9-18(23)3/h5-15H,4,16H2,1-3H3,(H,27,32)(H,28,33). The lowest BCUT2D eigenvalue weighted by Gasteiger charge is -2.10. The van der Waals surface area contributed by atoms with Crippen molar-refractivity contribution in [2.45, 2.75) is 34.0 Å². The lowest BCUT2D eigenvalue weighted by Crippen LogP contribution is -2.18. The minimum absolute atomic E-state index is 0.188. The van der Waals surface area contributed by atoms with Crippen molar-refractivity contribution < 1.29 is 14.3 Å². The van der Waals surface area contributed by atoms with Gasteiger partial charge in [-0.25, -0.2) is 4.68 Å². The number of benzene rings is 2. The van der Waals surface area contributed by atoms with Gasteiger partial charge in [-0.3, -0.25) is 14.3 Å². The molecule has 2 heterocycles. The van der Waals surface area contributed by atoms with Crippen molar-refractivity contribution in [3.63, 3.8) is 0 Å². The molecule has 0 radical (unpaired) electrons. The van der Waals surface area contributed by atoms with Gasteiger partial charge >= 0.3 is 0 Å². The minimum atomic E-state index is -0.363. The summed E-state index contributed by atoms with van der Waals surface area (Å²) in [6.07, 6.45) is 3.27. The summed E-state index contributed by atoms with van der Waals surface area (Å²) in [5, 5.41) is 14.0. The van der Waals surface area contributed by atoms with Gasteiger partial charge in [-0.15, -0.1) is 0 Å². The quantitative estimate of drug-likeness (QED) is 0.411. The van der Waals surface area contributed by atoms with Gasteiger partial charge in [-0.05, 0) is 68.3 Å². The highest BCUT2D eigenvalue weighted by molar-refractivity contribution is 6.05. The van der Waals surface area contributed by atoms with Crippen LogP contribution in [0.4, 0.5) is 11.4 Å². The second kappa shape index (κ2) is 10.0. The van der Waals surface area contributed by atoms with E-state index in [1.54, 1.807) is 58.2 Å². The van der Waals surface area contributed by atoms with Crippen LogP contribution in [-0.4, -0.2) is 31.4 Å². The highest BCUT2D eigenvalue weighted by Crippen LogP contribution is 2.20. The number of carbonyl (C=O) groups is 2. The van der Waals surface area contributed by atoms with Crippen LogP contribution in [0.1, 0.15) is 39.0 Å². The molecule has 0 bridgehead atoms. The molecular weight excluding hydrogens is 432 g/mol. The lowest BCUT2D eigenvalue weighted by molar-refractivity contribution is 0.101. The molecule has 4 rings (SSSR count). The van der Waals surface area contributed by atoms with Gasteiger partial charge in [-0.2, -0.15) is 10.2 Å². The van der Waals surface area contributed by atoms with E-state index in [4.69, 9.17) is 4.74 Å². The molecule has 174 valence electrons. The van der Waals surface area contributed by atoms with Crippen molar-refractivity contribution in [3.05, 3.63) is 89.5 Å². The number of anilines is 2. The molecule has 0 aliphatic carbocycles. The molecular formula is C25H26N6O3. The Hall–Kier alpha value is -4.40. The molecule has 0 unspecified atom stereocenters. The molecule has 2 aromatic carbocycles. The largest absolute Gasteiger partial charge is 0.471 e. The number of nitrogens with zero attached hydrogens (tertiary/aromatic N) is 4. The first-order valence-corrected chi connectivity index (χ1v) is 10.9. The fourth-order valence-corrected chi connectivity index (χ4v) is 3.40. The summed E-state index contributed by atoms with van der Waals surface area (Å²) in [5.41, 5.74) is 3.95. The van der Waals surface area contributed by atoms with Gasteiger partial charge in [0, 0.05) is 30.3 Å². The molecule has 0 spiro atoms. The Morgan fingerprint density at radius 3 is 2.50 bits per heavy atom. The number of rotatable bonds is 8. The Balaban J connectivity index is 1.37. The molecule has 0 aliphatic rings. The van der Waals surface area contributed by atoms with Crippen LogP contribution in [-0.2, 0) is 13.3 Å². The molecule has 9 heteroatoms. The molecule has 4 aromatic rings. The molecule has 34 heavy (non-hydrogen) atoms. The van der Waals surface area contributed by atoms with Gasteiger partial charge in [0.1, 0.15) is 11.4 Å². The Morgan fingerprint density at radius 1 is 0.971 bits per heavy atom. The summed E-state index contributed by atoms with van der Waals surface area (Å²) in [7, 11) is 0. The molecule has 9 nitrogen and oxygen atoms in total. The van der Waals surface area contributed by atoms with E-state index < -0.39 is 0 Å². The predicted octanol–water partition coefficient (Wildman–Crippen LogP) is 4.26. The monoisotopic (exact) mass is 458 g/mol. The van der Waals surface area contributed by atoms with Crippen LogP contribution < -0.4 is 15.4 Å². The molecule has 2 N–H and O–H groups in total. The molecule has 0 saturated carbocycles.